The fraction of sp³-hybridized carbons (Fsp3) is 0.333. The van der Waals surface area contributed by atoms with Gasteiger partial charge >= 0.3 is 5.97 Å². The van der Waals surface area contributed by atoms with E-state index in [1.165, 1.54) is 23.3 Å². The second kappa shape index (κ2) is 5.49. The topological polar surface area (TPSA) is 42.4 Å². The molecule has 4 nitrogen and oxygen atoms in total. The number of carbonyl (C=O) groups excluding carboxylic acids is 1. The van der Waals surface area contributed by atoms with Gasteiger partial charge in [-0.05, 0) is 18.4 Å². The lowest BCUT2D eigenvalue weighted by molar-refractivity contribution is 0.0594. The van der Waals surface area contributed by atoms with Gasteiger partial charge in [-0.1, -0.05) is 6.07 Å². The maximum absolute atomic E-state index is 11.5. The van der Waals surface area contributed by atoms with Gasteiger partial charge in [0.1, 0.15) is 0 Å². The van der Waals surface area contributed by atoms with Crippen molar-refractivity contribution in [2.75, 3.05) is 19.1 Å². The number of anilines is 1. The van der Waals surface area contributed by atoms with Gasteiger partial charge in [0.15, 0.2) is 10.8 Å². The van der Waals surface area contributed by atoms with E-state index in [1.807, 2.05) is 24.9 Å². The fourth-order valence-electron chi connectivity index (χ4n) is 1.54. The summed E-state index contributed by atoms with van der Waals surface area (Å²) in [4.78, 5) is 20.0. The van der Waals surface area contributed by atoms with Crippen LogP contribution in [0, 0.1) is 6.92 Å². The van der Waals surface area contributed by atoms with Crippen LogP contribution in [0.2, 0.25) is 0 Å². The summed E-state index contributed by atoms with van der Waals surface area (Å²) in [6, 6.07) is 4.11. The van der Waals surface area contributed by atoms with E-state index in [1.54, 1.807) is 11.3 Å². The van der Waals surface area contributed by atoms with E-state index in [4.69, 9.17) is 4.74 Å². The monoisotopic (exact) mass is 282 g/mol. The fourth-order valence-corrected chi connectivity index (χ4v) is 3.15. The highest BCUT2D eigenvalue weighted by molar-refractivity contribution is 7.15. The van der Waals surface area contributed by atoms with E-state index in [0.717, 1.165) is 16.6 Å². The summed E-state index contributed by atoms with van der Waals surface area (Å²) in [5.74, 6) is -0.375. The highest BCUT2D eigenvalue weighted by atomic mass is 32.1. The van der Waals surface area contributed by atoms with Crippen molar-refractivity contribution in [3.8, 4) is 0 Å². The lowest BCUT2D eigenvalue weighted by atomic mass is 10.4. The van der Waals surface area contributed by atoms with Gasteiger partial charge < -0.3 is 9.64 Å². The second-order valence-electron chi connectivity index (χ2n) is 3.83. The summed E-state index contributed by atoms with van der Waals surface area (Å²) in [5.41, 5.74) is 0.413. The highest BCUT2D eigenvalue weighted by Gasteiger charge is 2.17. The first-order valence-electron chi connectivity index (χ1n) is 5.41. The average Bonchev–Trinajstić information content (AvgIpc) is 2.97. The number of carbonyl (C=O) groups is 1. The zero-order valence-corrected chi connectivity index (χ0v) is 12.1. The number of hydrogen-bond donors (Lipinski definition) is 0. The van der Waals surface area contributed by atoms with E-state index in [2.05, 4.69) is 16.4 Å². The molecule has 2 rings (SSSR count). The number of esters is 1. The predicted molar refractivity (Wildman–Crippen MR) is 74.6 cm³/mol. The molecule has 0 radical (unpaired) electrons. The average molecular weight is 282 g/mol. The van der Waals surface area contributed by atoms with Gasteiger partial charge in [-0.3, -0.25) is 0 Å². The summed E-state index contributed by atoms with van der Waals surface area (Å²) in [5, 5.41) is 2.89. The summed E-state index contributed by atoms with van der Waals surface area (Å²) in [6.07, 6.45) is 0. The van der Waals surface area contributed by atoms with Crippen molar-refractivity contribution in [2.24, 2.45) is 0 Å². The molecule has 6 heteroatoms. The maximum atomic E-state index is 11.5. The number of hydrogen-bond acceptors (Lipinski definition) is 6. The molecule has 0 saturated carbocycles. The molecule has 2 aromatic rings. The molecule has 2 heterocycles. The largest absolute Gasteiger partial charge is 0.464 e. The lowest BCUT2D eigenvalue weighted by Crippen LogP contribution is -2.15. The molecule has 0 unspecified atom stereocenters. The van der Waals surface area contributed by atoms with Crippen LogP contribution in [0.15, 0.2) is 17.5 Å². The molecule has 18 heavy (non-hydrogen) atoms. The standard InChI is InChI=1S/C12H14N2O2S2/c1-8-10(11(15)16-3)13-12(18-8)14(2)7-9-5-4-6-17-9/h4-6H,7H2,1-3H3. The molecule has 0 atom stereocenters. The van der Waals surface area contributed by atoms with Crippen molar-refractivity contribution in [3.63, 3.8) is 0 Å². The predicted octanol–water partition coefficient (Wildman–Crippen LogP) is 2.94. The first kappa shape index (κ1) is 13.0. The minimum Gasteiger partial charge on any atom is -0.464 e. The van der Waals surface area contributed by atoms with Crippen LogP contribution in [0.3, 0.4) is 0 Å². The van der Waals surface area contributed by atoms with Crippen LogP contribution in [-0.2, 0) is 11.3 Å². The molecule has 0 N–H and O–H groups in total. The van der Waals surface area contributed by atoms with Gasteiger partial charge in [0.05, 0.1) is 13.7 Å². The van der Waals surface area contributed by atoms with Gasteiger partial charge in [0.2, 0.25) is 0 Å². The first-order valence-corrected chi connectivity index (χ1v) is 7.10. The second-order valence-corrected chi connectivity index (χ2v) is 6.04. The van der Waals surface area contributed by atoms with Crippen LogP contribution in [0.25, 0.3) is 0 Å². The number of aryl methyl sites for hydroxylation is 1. The summed E-state index contributed by atoms with van der Waals surface area (Å²) < 4.78 is 4.70. The Morgan fingerprint density at radius 1 is 1.56 bits per heavy atom. The summed E-state index contributed by atoms with van der Waals surface area (Å²) in [7, 11) is 3.34. The lowest BCUT2D eigenvalue weighted by Gasteiger charge is -2.13. The Bertz CT molecular complexity index is 534. The van der Waals surface area contributed by atoms with Crippen molar-refractivity contribution in [2.45, 2.75) is 13.5 Å². The zero-order valence-electron chi connectivity index (χ0n) is 10.5. The van der Waals surface area contributed by atoms with Crippen LogP contribution >= 0.6 is 22.7 Å². The van der Waals surface area contributed by atoms with Gasteiger partial charge in [-0.2, -0.15) is 0 Å². The zero-order chi connectivity index (χ0) is 13.1. The molecule has 2 aromatic heterocycles. The van der Waals surface area contributed by atoms with Crippen LogP contribution in [0.4, 0.5) is 5.13 Å². The van der Waals surface area contributed by atoms with Crippen LogP contribution in [0.5, 0.6) is 0 Å². The molecule has 0 aromatic carbocycles. The number of aromatic nitrogens is 1. The van der Waals surface area contributed by atoms with Crippen molar-refractivity contribution in [1.82, 2.24) is 4.98 Å². The van der Waals surface area contributed by atoms with Crippen LogP contribution in [0.1, 0.15) is 20.2 Å². The number of methoxy groups -OCH3 is 1. The van der Waals surface area contributed by atoms with Crippen molar-refractivity contribution < 1.29 is 9.53 Å². The van der Waals surface area contributed by atoms with Crippen molar-refractivity contribution in [3.05, 3.63) is 33.0 Å². The molecule has 96 valence electrons. The summed E-state index contributed by atoms with van der Waals surface area (Å²) >= 11 is 3.22. The molecule has 0 bridgehead atoms. The molecular weight excluding hydrogens is 268 g/mol. The third-order valence-corrected chi connectivity index (χ3v) is 4.41. The van der Waals surface area contributed by atoms with Crippen LogP contribution < -0.4 is 4.90 Å². The Hall–Kier alpha value is -1.40. The minimum absolute atomic E-state index is 0.375. The van der Waals surface area contributed by atoms with Gasteiger partial charge in [0, 0.05) is 16.8 Å². The minimum atomic E-state index is -0.375. The van der Waals surface area contributed by atoms with Crippen molar-refractivity contribution in [1.29, 1.82) is 0 Å². The van der Waals surface area contributed by atoms with Crippen molar-refractivity contribution >= 4 is 33.8 Å². The highest BCUT2D eigenvalue weighted by Crippen LogP contribution is 2.27. The third-order valence-electron chi connectivity index (χ3n) is 2.46. The number of thiophene rings is 1. The quantitative estimate of drug-likeness (QED) is 0.809. The molecule has 0 saturated heterocycles. The third kappa shape index (κ3) is 2.70. The van der Waals surface area contributed by atoms with Gasteiger partial charge in [0.25, 0.3) is 0 Å². The Balaban J connectivity index is 2.16. The molecule has 0 aliphatic heterocycles. The molecular formula is C12H14N2O2S2. The van der Waals surface area contributed by atoms with E-state index >= 15 is 0 Å². The van der Waals surface area contributed by atoms with E-state index in [0.29, 0.717) is 5.69 Å². The number of rotatable bonds is 4. The molecule has 0 amide bonds. The van der Waals surface area contributed by atoms with E-state index < -0.39 is 0 Å². The Labute approximate surface area is 114 Å². The van der Waals surface area contributed by atoms with E-state index in [-0.39, 0.29) is 5.97 Å². The molecule has 0 fully saturated rings. The maximum Gasteiger partial charge on any atom is 0.357 e. The smallest absolute Gasteiger partial charge is 0.357 e. The first-order chi connectivity index (χ1) is 8.61. The van der Waals surface area contributed by atoms with Gasteiger partial charge in [-0.15, -0.1) is 22.7 Å². The molecule has 0 aliphatic rings. The molecule has 0 aliphatic carbocycles. The van der Waals surface area contributed by atoms with Gasteiger partial charge in [-0.25, -0.2) is 9.78 Å². The normalized spacial score (nSPS) is 10.4. The Morgan fingerprint density at radius 3 is 2.94 bits per heavy atom. The number of ether oxygens (including phenoxy) is 1. The Kier molecular flexibility index (Phi) is 3.98. The number of nitrogens with zero attached hydrogens (tertiary/aromatic N) is 2. The molecule has 0 spiro atoms. The summed E-state index contributed by atoms with van der Waals surface area (Å²) in [6.45, 7) is 2.68. The van der Waals surface area contributed by atoms with E-state index in [9.17, 15) is 4.79 Å². The Morgan fingerprint density at radius 2 is 2.33 bits per heavy atom. The van der Waals surface area contributed by atoms with Crippen LogP contribution in [-0.4, -0.2) is 25.1 Å². The number of thiazole rings is 1. The SMILES string of the molecule is COC(=O)c1nc(N(C)Cc2cccs2)sc1C.